The molecule has 0 saturated heterocycles. The molecule has 3 fully saturated rings. The molecule has 210 valence electrons. The molecule has 0 amide bonds. The fourth-order valence-corrected chi connectivity index (χ4v) is 8.44. The first kappa shape index (κ1) is 28.9. The van der Waals surface area contributed by atoms with Gasteiger partial charge in [-0.3, -0.25) is 19.2 Å². The molecule has 1 N–H and O–H groups in total. The van der Waals surface area contributed by atoms with Crippen LogP contribution < -0.4 is 0 Å². The molecule has 10 atom stereocenters. The fraction of sp³-hybridized carbons (Fsp3) is 0.714. The van der Waals surface area contributed by atoms with Crippen molar-refractivity contribution in [3.63, 3.8) is 0 Å². The summed E-state index contributed by atoms with van der Waals surface area (Å²) in [5.74, 6) is -5.21. The van der Waals surface area contributed by atoms with Crippen LogP contribution in [0.5, 0.6) is 0 Å². The molecule has 10 heteroatoms. The molecule has 38 heavy (non-hydrogen) atoms. The summed E-state index contributed by atoms with van der Waals surface area (Å²) in [6, 6.07) is 0. The number of ether oxygens (including phenoxy) is 2. The van der Waals surface area contributed by atoms with Crippen LogP contribution in [-0.4, -0.2) is 64.1 Å². The van der Waals surface area contributed by atoms with Crippen molar-refractivity contribution in [2.24, 2.45) is 28.6 Å². The SMILES string of the molecule is CCC(=O)OCC(=O)[C@]1(OC(=O)CC)[C@@H](C)C[C@H]2[C@@H]3[C@H](Cl)[C@@H](F)C4=CC(=O)C=C[C@]4(C)[C@@]3(F)[C@@H](O)C[C@@]21C. The Labute approximate surface area is 225 Å². The number of fused-ring (bicyclic) bond motifs is 5. The number of esters is 2. The summed E-state index contributed by atoms with van der Waals surface area (Å²) < 4.78 is 44.5. The second-order valence-corrected chi connectivity index (χ2v) is 12.1. The Morgan fingerprint density at radius 3 is 2.42 bits per heavy atom. The highest BCUT2D eigenvalue weighted by Gasteiger charge is 2.79. The summed E-state index contributed by atoms with van der Waals surface area (Å²) in [6.07, 6.45) is -0.278. The summed E-state index contributed by atoms with van der Waals surface area (Å²) in [7, 11) is 0. The third kappa shape index (κ3) is 3.60. The van der Waals surface area contributed by atoms with E-state index in [-0.39, 0.29) is 31.3 Å². The Morgan fingerprint density at radius 2 is 1.82 bits per heavy atom. The number of aliphatic hydroxyl groups excluding tert-OH is 1. The molecule has 4 rings (SSSR count). The Bertz CT molecular complexity index is 1120. The van der Waals surface area contributed by atoms with Gasteiger partial charge < -0.3 is 14.6 Å². The van der Waals surface area contributed by atoms with Crippen LogP contribution in [0, 0.1) is 28.6 Å². The maximum Gasteiger partial charge on any atom is 0.306 e. The Morgan fingerprint density at radius 1 is 1.18 bits per heavy atom. The third-order valence-corrected chi connectivity index (χ3v) is 10.3. The van der Waals surface area contributed by atoms with Crippen LogP contribution in [0.4, 0.5) is 8.78 Å². The molecule has 0 unspecified atom stereocenters. The van der Waals surface area contributed by atoms with Gasteiger partial charge >= 0.3 is 11.9 Å². The van der Waals surface area contributed by atoms with Crippen molar-refractivity contribution in [2.75, 3.05) is 6.61 Å². The highest BCUT2D eigenvalue weighted by atomic mass is 35.5. The highest BCUT2D eigenvalue weighted by molar-refractivity contribution is 6.22. The van der Waals surface area contributed by atoms with Gasteiger partial charge in [0.1, 0.15) is 6.17 Å². The minimum absolute atomic E-state index is 0.0336. The standard InChI is InChI=1S/C28H35ClF2O7/c1-6-20(35)37-13-19(34)28(38-21(36)7-2)14(3)10-16-22-23(29)24(30)17-11-15(32)8-9-25(17,4)27(22,31)18(33)12-26(16,28)5/h8-9,11,14,16,18,22-24,33H,6-7,10,12-13H2,1-5H3/t14-,16-,18-,22+,23-,24-,25-,26-,27+,28+/m0/s1. The van der Waals surface area contributed by atoms with Crippen LogP contribution in [0.1, 0.15) is 60.3 Å². The molecule has 0 aromatic rings. The predicted octanol–water partition coefficient (Wildman–Crippen LogP) is 3.98. The molecular formula is C28H35ClF2O7. The number of aliphatic hydroxyl groups is 1. The van der Waals surface area contributed by atoms with Crippen molar-refractivity contribution in [3.05, 3.63) is 23.8 Å². The van der Waals surface area contributed by atoms with E-state index >= 15 is 8.78 Å². The Kier molecular flexibility index (Phi) is 7.22. The summed E-state index contributed by atoms with van der Waals surface area (Å²) in [5, 5.41) is 10.1. The van der Waals surface area contributed by atoms with Crippen LogP contribution in [-0.2, 0) is 28.7 Å². The van der Waals surface area contributed by atoms with Gasteiger partial charge in [-0.25, -0.2) is 8.78 Å². The highest BCUT2D eigenvalue weighted by Crippen LogP contribution is 2.72. The van der Waals surface area contributed by atoms with Crippen LogP contribution >= 0.6 is 11.6 Å². The zero-order chi connectivity index (χ0) is 28.4. The van der Waals surface area contributed by atoms with Gasteiger partial charge in [-0.2, -0.15) is 0 Å². The van der Waals surface area contributed by atoms with Crippen LogP contribution in [0.2, 0.25) is 0 Å². The lowest BCUT2D eigenvalue weighted by atomic mass is 9.44. The van der Waals surface area contributed by atoms with Crippen molar-refractivity contribution >= 4 is 35.1 Å². The van der Waals surface area contributed by atoms with E-state index in [1.807, 2.05) is 0 Å². The van der Waals surface area contributed by atoms with E-state index in [2.05, 4.69) is 0 Å². The second kappa shape index (κ2) is 9.51. The van der Waals surface area contributed by atoms with Crippen molar-refractivity contribution in [3.8, 4) is 0 Å². The van der Waals surface area contributed by atoms with E-state index in [1.165, 1.54) is 19.1 Å². The molecule has 4 aliphatic rings. The number of Topliss-reactive ketones (excluding diaryl/α,β-unsaturated/α-hetero) is 1. The molecule has 4 aliphatic carbocycles. The number of halogens is 3. The van der Waals surface area contributed by atoms with Gasteiger partial charge in [0.25, 0.3) is 0 Å². The first-order valence-electron chi connectivity index (χ1n) is 13.2. The van der Waals surface area contributed by atoms with E-state index in [4.69, 9.17) is 21.1 Å². The number of hydrogen-bond donors (Lipinski definition) is 1. The van der Waals surface area contributed by atoms with Crippen LogP contribution in [0.25, 0.3) is 0 Å². The van der Waals surface area contributed by atoms with Gasteiger partial charge in [-0.1, -0.05) is 33.8 Å². The van der Waals surface area contributed by atoms with Gasteiger partial charge in [0.15, 0.2) is 23.7 Å². The van der Waals surface area contributed by atoms with E-state index in [0.29, 0.717) is 0 Å². The second-order valence-electron chi connectivity index (χ2n) is 11.6. The van der Waals surface area contributed by atoms with Crippen molar-refractivity contribution in [1.82, 2.24) is 0 Å². The Hall–Kier alpha value is -2.13. The van der Waals surface area contributed by atoms with Crippen LogP contribution in [0.3, 0.4) is 0 Å². The van der Waals surface area contributed by atoms with E-state index in [0.717, 1.165) is 6.08 Å². The summed E-state index contributed by atoms with van der Waals surface area (Å²) in [4.78, 5) is 50.5. The van der Waals surface area contributed by atoms with Gasteiger partial charge in [-0.05, 0) is 43.4 Å². The first-order valence-corrected chi connectivity index (χ1v) is 13.6. The zero-order valence-electron chi connectivity index (χ0n) is 22.3. The number of allylic oxidation sites excluding steroid dienone is 4. The molecule has 0 heterocycles. The molecule has 0 aromatic carbocycles. The lowest BCUT2D eigenvalue weighted by Gasteiger charge is -2.64. The average molecular weight is 557 g/mol. The molecular weight excluding hydrogens is 522 g/mol. The summed E-state index contributed by atoms with van der Waals surface area (Å²) in [5.41, 5.74) is -7.47. The predicted molar refractivity (Wildman–Crippen MR) is 134 cm³/mol. The third-order valence-electron chi connectivity index (χ3n) is 9.81. The maximum absolute atomic E-state index is 17.5. The number of hydrogen-bond acceptors (Lipinski definition) is 7. The normalized spacial score (nSPS) is 45.4. The van der Waals surface area contributed by atoms with E-state index < -0.39 is 87.6 Å². The molecule has 0 bridgehead atoms. The number of rotatable bonds is 6. The fourth-order valence-electron chi connectivity index (χ4n) is 7.94. The first-order chi connectivity index (χ1) is 17.6. The molecule has 7 nitrogen and oxygen atoms in total. The van der Waals surface area contributed by atoms with Gasteiger partial charge in [0.2, 0.25) is 5.78 Å². The molecule has 0 spiro atoms. The lowest BCUT2D eigenvalue weighted by Crippen LogP contribution is -2.73. The van der Waals surface area contributed by atoms with E-state index in [1.54, 1.807) is 27.7 Å². The average Bonchev–Trinajstić information content (AvgIpc) is 3.08. The quantitative estimate of drug-likeness (QED) is 0.389. The topological polar surface area (TPSA) is 107 Å². The lowest BCUT2D eigenvalue weighted by molar-refractivity contribution is -0.231. The summed E-state index contributed by atoms with van der Waals surface area (Å²) in [6.45, 7) is 7.24. The van der Waals surface area contributed by atoms with Crippen molar-refractivity contribution in [2.45, 2.75) is 89.2 Å². The molecule has 0 aliphatic heterocycles. The monoisotopic (exact) mass is 556 g/mol. The van der Waals surface area contributed by atoms with Gasteiger partial charge in [0.05, 0.1) is 11.5 Å². The summed E-state index contributed by atoms with van der Waals surface area (Å²) >= 11 is 6.66. The van der Waals surface area contributed by atoms with Crippen LogP contribution in [0.15, 0.2) is 23.8 Å². The maximum atomic E-state index is 17.5. The molecule has 0 radical (unpaired) electrons. The minimum atomic E-state index is -2.47. The number of carbonyl (C=O) groups excluding carboxylic acids is 4. The van der Waals surface area contributed by atoms with Gasteiger partial charge in [0, 0.05) is 35.5 Å². The molecule has 3 saturated carbocycles. The van der Waals surface area contributed by atoms with Gasteiger partial charge in [-0.15, -0.1) is 11.6 Å². The minimum Gasteiger partial charge on any atom is -0.457 e. The molecule has 0 aromatic heterocycles. The number of carbonyl (C=O) groups is 4. The van der Waals surface area contributed by atoms with Crippen molar-refractivity contribution in [1.29, 1.82) is 0 Å². The largest absolute Gasteiger partial charge is 0.457 e. The number of alkyl halides is 3. The Balaban J connectivity index is 1.87. The van der Waals surface area contributed by atoms with Crippen molar-refractivity contribution < 1.29 is 42.5 Å². The smallest absolute Gasteiger partial charge is 0.306 e. The van der Waals surface area contributed by atoms with E-state index in [9.17, 15) is 24.3 Å². The zero-order valence-corrected chi connectivity index (χ0v) is 23.0. The number of ketones is 2.